The first-order valence-electron chi connectivity index (χ1n) is 11.1. The van der Waals surface area contributed by atoms with Gasteiger partial charge < -0.3 is 31.8 Å². The Bertz CT molecular complexity index is 1020. The van der Waals surface area contributed by atoms with E-state index in [1.807, 2.05) is 38.1 Å². The minimum atomic E-state index is -1.19. The van der Waals surface area contributed by atoms with Gasteiger partial charge in [-0.2, -0.15) is 12.6 Å². The highest BCUT2D eigenvalue weighted by atomic mass is 32.1. The van der Waals surface area contributed by atoms with E-state index in [0.717, 1.165) is 16.5 Å². The number of aliphatic carboxylic acids is 1. The molecule has 0 aliphatic heterocycles. The number of carbonyl (C=O) groups is 4. The lowest BCUT2D eigenvalue weighted by Crippen LogP contribution is -2.57. The summed E-state index contributed by atoms with van der Waals surface area (Å²) in [6, 6.07) is 3.54. The van der Waals surface area contributed by atoms with Crippen LogP contribution in [0.1, 0.15) is 32.8 Å². The smallest absolute Gasteiger partial charge is 0.325 e. The molecule has 0 bridgehead atoms. The standard InChI is InChI=1S/C23H33N5O5S/c1-12(2)8-18(21(30)26-13(3)23(32)33)28-22(31)19(27-20(29)16(24)11-34)9-14-10-25-17-7-5-4-6-15(14)17/h4-7,10,12-13,16,18-19,25,34H,8-9,11,24H2,1-3H3,(H,26,30)(H,27,29)(H,28,31)(H,32,33). The van der Waals surface area contributed by atoms with Gasteiger partial charge in [-0.15, -0.1) is 0 Å². The molecule has 0 aliphatic rings. The summed E-state index contributed by atoms with van der Waals surface area (Å²) in [6.45, 7) is 5.10. The number of para-hydroxylation sites is 1. The van der Waals surface area contributed by atoms with Crippen molar-refractivity contribution >= 4 is 47.2 Å². The number of H-pyrrole nitrogens is 1. The first-order chi connectivity index (χ1) is 16.0. The summed E-state index contributed by atoms with van der Waals surface area (Å²) >= 11 is 4.04. The van der Waals surface area contributed by atoms with E-state index >= 15 is 0 Å². The van der Waals surface area contributed by atoms with Crippen LogP contribution in [0, 0.1) is 5.92 Å². The zero-order valence-corrected chi connectivity index (χ0v) is 20.4. The number of nitrogens with one attached hydrogen (secondary N) is 4. The van der Waals surface area contributed by atoms with Gasteiger partial charge >= 0.3 is 5.97 Å². The second-order valence-corrected chi connectivity index (χ2v) is 9.04. The van der Waals surface area contributed by atoms with Crippen molar-refractivity contribution in [3.05, 3.63) is 36.0 Å². The molecule has 186 valence electrons. The number of aromatic nitrogens is 1. The first-order valence-corrected chi connectivity index (χ1v) is 11.7. The first kappa shape index (κ1) is 27.2. The summed E-state index contributed by atoms with van der Waals surface area (Å²) in [7, 11) is 0. The Morgan fingerprint density at radius 3 is 2.24 bits per heavy atom. The number of hydrogen-bond acceptors (Lipinski definition) is 6. The van der Waals surface area contributed by atoms with Crippen LogP contribution in [0.2, 0.25) is 0 Å². The van der Waals surface area contributed by atoms with Crippen LogP contribution in [-0.2, 0) is 25.6 Å². The second-order valence-electron chi connectivity index (χ2n) is 8.67. The number of benzene rings is 1. The fourth-order valence-electron chi connectivity index (χ4n) is 3.44. The number of fused-ring (bicyclic) bond motifs is 1. The van der Waals surface area contributed by atoms with Gasteiger partial charge in [0.15, 0.2) is 0 Å². The van der Waals surface area contributed by atoms with E-state index < -0.39 is 47.9 Å². The third-order valence-electron chi connectivity index (χ3n) is 5.33. The molecule has 34 heavy (non-hydrogen) atoms. The lowest BCUT2D eigenvalue weighted by Gasteiger charge is -2.25. The SMILES string of the molecule is CC(C)CC(NC(=O)C(Cc1c[nH]c2ccccc12)NC(=O)C(N)CS)C(=O)NC(C)C(=O)O. The van der Waals surface area contributed by atoms with Crippen LogP contribution in [-0.4, -0.2) is 63.7 Å². The maximum Gasteiger partial charge on any atom is 0.325 e. The molecule has 10 nitrogen and oxygen atoms in total. The molecule has 2 rings (SSSR count). The largest absolute Gasteiger partial charge is 0.480 e. The summed E-state index contributed by atoms with van der Waals surface area (Å²) in [4.78, 5) is 52.7. The van der Waals surface area contributed by atoms with E-state index in [0.29, 0.717) is 0 Å². The average Bonchev–Trinajstić information content (AvgIpc) is 3.19. The molecule has 0 fully saturated rings. The number of amides is 3. The molecule has 11 heteroatoms. The number of rotatable bonds is 12. The van der Waals surface area contributed by atoms with Crippen LogP contribution in [0.3, 0.4) is 0 Å². The van der Waals surface area contributed by atoms with Crippen LogP contribution in [0.4, 0.5) is 0 Å². The summed E-state index contributed by atoms with van der Waals surface area (Å²) in [5.41, 5.74) is 7.47. The summed E-state index contributed by atoms with van der Waals surface area (Å²) in [6.07, 6.45) is 2.21. The van der Waals surface area contributed by atoms with E-state index in [2.05, 4.69) is 33.6 Å². The Morgan fingerprint density at radius 2 is 1.62 bits per heavy atom. The molecular formula is C23H33N5O5S. The summed E-state index contributed by atoms with van der Waals surface area (Å²) in [5.74, 6) is -2.78. The third kappa shape index (κ3) is 7.49. The van der Waals surface area contributed by atoms with E-state index in [1.165, 1.54) is 6.92 Å². The molecule has 0 saturated carbocycles. The quantitative estimate of drug-likeness (QED) is 0.214. The summed E-state index contributed by atoms with van der Waals surface area (Å²) in [5, 5.41) is 17.7. The minimum absolute atomic E-state index is 0.0375. The molecule has 0 spiro atoms. The van der Waals surface area contributed by atoms with Crippen molar-refractivity contribution in [2.24, 2.45) is 11.7 Å². The molecule has 2 aromatic rings. The number of carboxylic acids is 1. The topological polar surface area (TPSA) is 166 Å². The van der Waals surface area contributed by atoms with E-state index in [-0.39, 0.29) is 24.5 Å². The van der Waals surface area contributed by atoms with Crippen LogP contribution in [0.15, 0.2) is 30.5 Å². The second kappa shape index (κ2) is 12.4. The van der Waals surface area contributed by atoms with Crippen LogP contribution in [0.25, 0.3) is 10.9 Å². The van der Waals surface area contributed by atoms with Crippen LogP contribution >= 0.6 is 12.6 Å². The van der Waals surface area contributed by atoms with Gasteiger partial charge in [0.05, 0.1) is 6.04 Å². The molecule has 0 saturated heterocycles. The van der Waals surface area contributed by atoms with Gasteiger partial charge in [0.2, 0.25) is 17.7 Å². The Hall–Kier alpha value is -3.05. The lowest BCUT2D eigenvalue weighted by atomic mass is 10.0. The van der Waals surface area contributed by atoms with Crippen molar-refractivity contribution < 1.29 is 24.3 Å². The molecule has 4 atom stereocenters. The molecule has 1 aromatic carbocycles. The van der Waals surface area contributed by atoms with Crippen molar-refractivity contribution in [1.29, 1.82) is 0 Å². The zero-order valence-electron chi connectivity index (χ0n) is 19.5. The normalized spacial score (nSPS) is 14.8. The number of carbonyl (C=O) groups excluding carboxylic acids is 3. The van der Waals surface area contributed by atoms with Gasteiger partial charge in [-0.25, -0.2) is 0 Å². The molecule has 0 aliphatic carbocycles. The third-order valence-corrected chi connectivity index (χ3v) is 5.73. The van der Waals surface area contributed by atoms with Gasteiger partial charge in [0.1, 0.15) is 18.1 Å². The van der Waals surface area contributed by atoms with E-state index in [1.54, 1.807) is 6.20 Å². The molecular weight excluding hydrogens is 458 g/mol. The van der Waals surface area contributed by atoms with Gasteiger partial charge in [0, 0.05) is 29.3 Å². The molecule has 1 heterocycles. The Balaban J connectivity index is 2.27. The van der Waals surface area contributed by atoms with Crippen molar-refractivity contribution in [2.75, 3.05) is 5.75 Å². The molecule has 3 amide bonds. The molecule has 1 aromatic heterocycles. The average molecular weight is 492 g/mol. The van der Waals surface area contributed by atoms with Crippen molar-refractivity contribution in [3.8, 4) is 0 Å². The van der Waals surface area contributed by atoms with E-state index in [9.17, 15) is 19.2 Å². The number of nitrogens with two attached hydrogens (primary N) is 1. The Labute approximate surface area is 203 Å². The van der Waals surface area contributed by atoms with Crippen LogP contribution in [0.5, 0.6) is 0 Å². The number of carboxylic acid groups (broad SMARTS) is 1. The van der Waals surface area contributed by atoms with Crippen molar-refractivity contribution in [3.63, 3.8) is 0 Å². The monoisotopic (exact) mass is 491 g/mol. The van der Waals surface area contributed by atoms with Gasteiger partial charge in [-0.1, -0.05) is 32.0 Å². The highest BCUT2D eigenvalue weighted by molar-refractivity contribution is 7.80. The fraction of sp³-hybridized carbons (Fsp3) is 0.478. The lowest BCUT2D eigenvalue weighted by molar-refractivity contribution is -0.141. The van der Waals surface area contributed by atoms with Crippen molar-refractivity contribution in [1.82, 2.24) is 20.9 Å². The predicted molar refractivity (Wildman–Crippen MR) is 132 cm³/mol. The van der Waals surface area contributed by atoms with Gasteiger partial charge in [-0.3, -0.25) is 19.2 Å². The highest BCUT2D eigenvalue weighted by Crippen LogP contribution is 2.19. The van der Waals surface area contributed by atoms with Crippen LogP contribution < -0.4 is 21.7 Å². The number of thiol groups is 1. The molecule has 4 unspecified atom stereocenters. The number of hydrogen-bond donors (Lipinski definition) is 7. The Kier molecular flexibility index (Phi) is 9.94. The minimum Gasteiger partial charge on any atom is -0.480 e. The molecule has 0 radical (unpaired) electrons. The highest BCUT2D eigenvalue weighted by Gasteiger charge is 2.30. The zero-order chi connectivity index (χ0) is 25.4. The van der Waals surface area contributed by atoms with Crippen molar-refractivity contribution in [2.45, 2.75) is 57.8 Å². The van der Waals surface area contributed by atoms with E-state index in [4.69, 9.17) is 10.8 Å². The maximum absolute atomic E-state index is 13.3. The Morgan fingerprint density at radius 1 is 1.00 bits per heavy atom. The molecule has 7 N–H and O–H groups in total. The number of aromatic amines is 1. The van der Waals surface area contributed by atoms with Gasteiger partial charge in [-0.05, 0) is 30.9 Å². The summed E-state index contributed by atoms with van der Waals surface area (Å²) < 4.78 is 0. The fourth-order valence-corrected chi connectivity index (χ4v) is 3.61. The van der Waals surface area contributed by atoms with Gasteiger partial charge in [0.25, 0.3) is 0 Å². The maximum atomic E-state index is 13.3. The predicted octanol–water partition coefficient (Wildman–Crippen LogP) is 0.573.